The first-order valence-corrected chi connectivity index (χ1v) is 13.1. The van der Waals surface area contributed by atoms with E-state index >= 15 is 0 Å². The van der Waals surface area contributed by atoms with Crippen LogP contribution in [0.5, 0.6) is 0 Å². The number of carbonyl (C=O) groups excluding carboxylic acids is 2. The molecule has 1 aromatic heterocycles. The third-order valence-corrected chi connectivity index (χ3v) is 6.97. The SMILES string of the molecule is Cc1ccc(C(=O)N/C(=C\c2cn(-c3ccccc3)nc2-c2ccccc2)C(=O)N2CCC(C)CC2)cc1. The Bertz CT molecular complexity index is 1430. The maximum atomic E-state index is 13.8. The first-order chi connectivity index (χ1) is 18.5. The van der Waals surface area contributed by atoms with Crippen molar-refractivity contribution >= 4 is 17.9 Å². The molecule has 0 aliphatic carbocycles. The number of nitrogens with zero attached hydrogens (tertiary/aromatic N) is 3. The summed E-state index contributed by atoms with van der Waals surface area (Å²) in [6.07, 6.45) is 5.57. The average Bonchev–Trinajstić information content (AvgIpc) is 3.38. The van der Waals surface area contributed by atoms with Gasteiger partial charge in [0.05, 0.1) is 5.69 Å². The lowest BCUT2D eigenvalue weighted by Crippen LogP contribution is -2.42. The number of benzene rings is 3. The summed E-state index contributed by atoms with van der Waals surface area (Å²) in [6, 6.07) is 27.1. The molecule has 1 aliphatic rings. The van der Waals surface area contributed by atoms with Crippen LogP contribution in [0.4, 0.5) is 0 Å². The number of nitrogens with one attached hydrogen (secondary N) is 1. The molecule has 0 atom stereocenters. The van der Waals surface area contributed by atoms with Crippen molar-refractivity contribution in [2.75, 3.05) is 13.1 Å². The van der Waals surface area contributed by atoms with Crippen LogP contribution in [0.15, 0.2) is 96.8 Å². The van der Waals surface area contributed by atoms with Gasteiger partial charge in [-0.15, -0.1) is 0 Å². The molecule has 2 amide bonds. The Labute approximate surface area is 223 Å². The van der Waals surface area contributed by atoms with Crippen molar-refractivity contribution in [2.45, 2.75) is 26.7 Å². The molecular weight excluding hydrogens is 472 g/mol. The molecule has 6 heteroatoms. The number of amides is 2. The van der Waals surface area contributed by atoms with Gasteiger partial charge in [0.15, 0.2) is 0 Å². The van der Waals surface area contributed by atoms with E-state index in [-0.39, 0.29) is 17.5 Å². The van der Waals surface area contributed by atoms with Crippen LogP contribution in [-0.2, 0) is 4.79 Å². The zero-order valence-electron chi connectivity index (χ0n) is 21.8. The number of para-hydroxylation sites is 1. The maximum absolute atomic E-state index is 13.8. The third kappa shape index (κ3) is 5.75. The Morgan fingerprint density at radius 2 is 1.53 bits per heavy atom. The van der Waals surface area contributed by atoms with Crippen molar-refractivity contribution in [1.29, 1.82) is 0 Å². The van der Waals surface area contributed by atoms with Crippen LogP contribution in [-0.4, -0.2) is 39.6 Å². The van der Waals surface area contributed by atoms with Crippen molar-refractivity contribution in [3.8, 4) is 16.9 Å². The molecule has 5 rings (SSSR count). The van der Waals surface area contributed by atoms with E-state index in [2.05, 4.69) is 12.2 Å². The molecule has 4 aromatic rings. The van der Waals surface area contributed by atoms with E-state index in [9.17, 15) is 9.59 Å². The number of hydrogen-bond acceptors (Lipinski definition) is 3. The molecule has 1 N–H and O–H groups in total. The van der Waals surface area contributed by atoms with Gasteiger partial charge < -0.3 is 10.2 Å². The van der Waals surface area contributed by atoms with Gasteiger partial charge in [0.25, 0.3) is 11.8 Å². The monoisotopic (exact) mass is 504 g/mol. The number of aromatic nitrogens is 2. The van der Waals surface area contributed by atoms with Crippen molar-refractivity contribution in [3.63, 3.8) is 0 Å². The summed E-state index contributed by atoms with van der Waals surface area (Å²) >= 11 is 0. The van der Waals surface area contributed by atoms with Crippen LogP contribution in [0.1, 0.15) is 41.3 Å². The number of aryl methyl sites for hydroxylation is 1. The van der Waals surface area contributed by atoms with Crippen molar-refractivity contribution < 1.29 is 9.59 Å². The van der Waals surface area contributed by atoms with Gasteiger partial charge in [0.1, 0.15) is 11.4 Å². The van der Waals surface area contributed by atoms with E-state index in [1.54, 1.807) is 22.9 Å². The zero-order chi connectivity index (χ0) is 26.5. The number of likely N-dealkylation sites (tertiary alicyclic amines) is 1. The molecule has 6 nitrogen and oxygen atoms in total. The molecule has 1 fully saturated rings. The largest absolute Gasteiger partial charge is 0.337 e. The van der Waals surface area contributed by atoms with Crippen molar-refractivity contribution in [3.05, 3.63) is 114 Å². The normalized spacial score (nSPS) is 14.4. The van der Waals surface area contributed by atoms with Crippen LogP contribution in [0, 0.1) is 12.8 Å². The van der Waals surface area contributed by atoms with E-state index in [0.717, 1.165) is 40.9 Å². The maximum Gasteiger partial charge on any atom is 0.270 e. The summed E-state index contributed by atoms with van der Waals surface area (Å²) in [7, 11) is 0. The van der Waals surface area contributed by atoms with Gasteiger partial charge in [0.2, 0.25) is 0 Å². The summed E-state index contributed by atoms with van der Waals surface area (Å²) in [5.74, 6) is 0.0953. The van der Waals surface area contributed by atoms with Gasteiger partial charge >= 0.3 is 0 Å². The van der Waals surface area contributed by atoms with E-state index in [1.807, 2.05) is 90.8 Å². The molecule has 192 valence electrons. The molecule has 2 heterocycles. The molecule has 0 saturated carbocycles. The Morgan fingerprint density at radius 1 is 0.895 bits per heavy atom. The van der Waals surface area contributed by atoms with Crippen LogP contribution < -0.4 is 5.32 Å². The molecule has 0 spiro atoms. The minimum Gasteiger partial charge on any atom is -0.337 e. The predicted octanol–water partition coefficient (Wildman–Crippen LogP) is 5.88. The smallest absolute Gasteiger partial charge is 0.270 e. The summed E-state index contributed by atoms with van der Waals surface area (Å²) in [5.41, 5.74) is 5.13. The van der Waals surface area contributed by atoms with E-state index in [4.69, 9.17) is 5.10 Å². The van der Waals surface area contributed by atoms with Gasteiger partial charge in [-0.05, 0) is 56.0 Å². The van der Waals surface area contributed by atoms with Gasteiger partial charge in [-0.1, -0.05) is 73.2 Å². The van der Waals surface area contributed by atoms with E-state index in [1.165, 1.54) is 0 Å². The Balaban J connectivity index is 1.57. The summed E-state index contributed by atoms with van der Waals surface area (Å²) in [5, 5.41) is 7.80. The topological polar surface area (TPSA) is 67.2 Å². The van der Waals surface area contributed by atoms with Gasteiger partial charge in [0, 0.05) is 36.0 Å². The van der Waals surface area contributed by atoms with Gasteiger partial charge in [-0.25, -0.2) is 4.68 Å². The fourth-order valence-electron chi connectivity index (χ4n) is 4.61. The van der Waals surface area contributed by atoms with Crippen LogP contribution in [0.3, 0.4) is 0 Å². The average molecular weight is 505 g/mol. The lowest BCUT2D eigenvalue weighted by molar-refractivity contribution is -0.128. The van der Waals surface area contributed by atoms with Gasteiger partial charge in [-0.2, -0.15) is 5.10 Å². The number of carbonyl (C=O) groups is 2. The van der Waals surface area contributed by atoms with Crippen LogP contribution in [0.2, 0.25) is 0 Å². The third-order valence-electron chi connectivity index (χ3n) is 6.97. The minimum absolute atomic E-state index is 0.177. The Morgan fingerprint density at radius 3 is 2.18 bits per heavy atom. The first kappa shape index (κ1) is 25.2. The fourth-order valence-corrected chi connectivity index (χ4v) is 4.61. The number of rotatable bonds is 6. The predicted molar refractivity (Wildman–Crippen MR) is 151 cm³/mol. The molecule has 1 aliphatic heterocycles. The fraction of sp³-hybridized carbons (Fsp3) is 0.219. The molecule has 0 bridgehead atoms. The second kappa shape index (κ2) is 11.3. The zero-order valence-corrected chi connectivity index (χ0v) is 21.8. The second-order valence-corrected chi connectivity index (χ2v) is 9.93. The van der Waals surface area contributed by atoms with Crippen molar-refractivity contribution in [1.82, 2.24) is 20.0 Å². The summed E-state index contributed by atoms with van der Waals surface area (Å²) in [4.78, 5) is 28.8. The lowest BCUT2D eigenvalue weighted by atomic mass is 9.99. The van der Waals surface area contributed by atoms with E-state index < -0.39 is 0 Å². The quantitative estimate of drug-likeness (QED) is 0.334. The van der Waals surface area contributed by atoms with Gasteiger partial charge in [-0.3, -0.25) is 9.59 Å². The second-order valence-electron chi connectivity index (χ2n) is 9.93. The highest BCUT2D eigenvalue weighted by atomic mass is 16.2. The molecule has 0 unspecified atom stereocenters. The molecule has 38 heavy (non-hydrogen) atoms. The lowest BCUT2D eigenvalue weighted by Gasteiger charge is -2.31. The molecule has 1 saturated heterocycles. The highest BCUT2D eigenvalue weighted by Crippen LogP contribution is 2.26. The Kier molecular flexibility index (Phi) is 7.50. The highest BCUT2D eigenvalue weighted by Gasteiger charge is 2.25. The highest BCUT2D eigenvalue weighted by molar-refractivity contribution is 6.05. The van der Waals surface area contributed by atoms with E-state index in [0.29, 0.717) is 24.6 Å². The molecule has 0 radical (unpaired) electrons. The number of piperidine rings is 1. The Hall–Kier alpha value is -4.45. The summed E-state index contributed by atoms with van der Waals surface area (Å²) < 4.78 is 1.81. The first-order valence-electron chi connectivity index (χ1n) is 13.1. The van der Waals surface area contributed by atoms with Crippen LogP contribution in [0.25, 0.3) is 23.0 Å². The van der Waals surface area contributed by atoms with Crippen molar-refractivity contribution in [2.24, 2.45) is 5.92 Å². The molecular formula is C32H32N4O2. The minimum atomic E-state index is -0.313. The summed E-state index contributed by atoms with van der Waals surface area (Å²) in [6.45, 7) is 5.53. The number of hydrogen-bond donors (Lipinski definition) is 1. The van der Waals surface area contributed by atoms with Crippen LogP contribution >= 0.6 is 0 Å². The molecule has 3 aromatic carbocycles. The standard InChI is InChI=1S/C32H32N4O2/c1-23-13-15-26(16-14-23)31(37)33-29(32(38)35-19-17-24(2)18-20-35)21-27-22-36(28-11-7-4-8-12-28)34-30(27)25-9-5-3-6-10-25/h3-16,21-22,24H,17-20H2,1-2H3,(H,33,37)/b29-21-.